The quantitative estimate of drug-likeness (QED) is 0.557. The molecule has 2 aliphatic heterocycles. The molecule has 1 N–H and O–H groups in total. The molecule has 2 heterocycles. The maximum absolute atomic E-state index is 13.3. The molecule has 1 unspecified atom stereocenters. The first-order valence-electron chi connectivity index (χ1n) is 13.5. The maximum Gasteiger partial charge on any atom is 0.338 e. The second kappa shape index (κ2) is 12.1. The van der Waals surface area contributed by atoms with Crippen molar-refractivity contribution in [1.29, 1.82) is 0 Å². The van der Waals surface area contributed by atoms with E-state index in [2.05, 4.69) is 57.0 Å². The van der Waals surface area contributed by atoms with Crippen LogP contribution < -0.4 is 5.32 Å². The number of carbonyl (C=O) groups excluding carboxylic acids is 3. The topological polar surface area (TPSA) is 82.2 Å². The van der Waals surface area contributed by atoms with E-state index in [1.54, 1.807) is 14.0 Å². The Bertz CT molecular complexity index is 1010. The molecule has 8 heteroatoms. The van der Waals surface area contributed by atoms with Gasteiger partial charge in [-0.1, -0.05) is 58.9 Å². The van der Waals surface area contributed by atoms with Crippen molar-refractivity contribution >= 4 is 17.9 Å². The number of benzene rings is 1. The van der Waals surface area contributed by atoms with E-state index in [4.69, 9.17) is 4.74 Å². The largest absolute Gasteiger partial charge is 0.463 e. The Morgan fingerprint density at radius 3 is 2.35 bits per heavy atom. The van der Waals surface area contributed by atoms with Crippen LogP contribution in [-0.2, 0) is 19.7 Å². The van der Waals surface area contributed by atoms with Crippen LogP contribution in [0.4, 0.5) is 4.79 Å². The fourth-order valence-corrected chi connectivity index (χ4v) is 4.89. The van der Waals surface area contributed by atoms with Crippen LogP contribution in [-0.4, -0.2) is 79.0 Å². The van der Waals surface area contributed by atoms with Crippen LogP contribution in [0.5, 0.6) is 0 Å². The Labute approximate surface area is 222 Å². The minimum Gasteiger partial charge on any atom is -0.463 e. The van der Waals surface area contributed by atoms with E-state index in [1.807, 2.05) is 17.0 Å². The summed E-state index contributed by atoms with van der Waals surface area (Å²) in [4.78, 5) is 44.7. The van der Waals surface area contributed by atoms with Crippen LogP contribution in [0.15, 0.2) is 35.5 Å². The fourth-order valence-electron chi connectivity index (χ4n) is 4.89. The van der Waals surface area contributed by atoms with E-state index in [-0.39, 0.29) is 24.0 Å². The Balaban J connectivity index is 1.91. The van der Waals surface area contributed by atoms with Gasteiger partial charge in [0.1, 0.15) is 0 Å². The second-order valence-corrected chi connectivity index (χ2v) is 11.5. The Morgan fingerprint density at radius 1 is 1.08 bits per heavy atom. The van der Waals surface area contributed by atoms with E-state index in [0.29, 0.717) is 43.2 Å². The molecule has 1 fully saturated rings. The summed E-state index contributed by atoms with van der Waals surface area (Å²) in [6.45, 7) is 15.9. The second-order valence-electron chi connectivity index (χ2n) is 11.5. The third-order valence-corrected chi connectivity index (χ3v) is 7.08. The third-order valence-electron chi connectivity index (χ3n) is 7.08. The average Bonchev–Trinajstić information content (AvgIpc) is 3.07. The number of nitrogens with zero attached hydrogens (tertiary/aromatic N) is 3. The number of nitrogens with one attached hydrogen (secondary N) is 1. The number of amides is 3. The van der Waals surface area contributed by atoms with Gasteiger partial charge in [-0.2, -0.15) is 0 Å². The first-order valence-corrected chi connectivity index (χ1v) is 13.5. The van der Waals surface area contributed by atoms with Crippen molar-refractivity contribution in [3.05, 3.63) is 46.7 Å². The first kappa shape index (κ1) is 28.7. The molecule has 1 atom stereocenters. The molecule has 0 bridgehead atoms. The predicted octanol–water partition coefficient (Wildman–Crippen LogP) is 4.08. The highest BCUT2D eigenvalue weighted by atomic mass is 16.5. The average molecular weight is 513 g/mol. The van der Waals surface area contributed by atoms with Crippen LogP contribution in [0.25, 0.3) is 0 Å². The molecule has 204 valence electrons. The summed E-state index contributed by atoms with van der Waals surface area (Å²) in [7, 11) is 1.69. The summed E-state index contributed by atoms with van der Waals surface area (Å²) >= 11 is 0. The summed E-state index contributed by atoms with van der Waals surface area (Å²) in [6, 6.07) is 7.23. The molecule has 0 aromatic heterocycles. The molecule has 0 aliphatic carbocycles. The molecule has 0 spiro atoms. The van der Waals surface area contributed by atoms with Crippen molar-refractivity contribution in [2.45, 2.75) is 65.8 Å². The van der Waals surface area contributed by atoms with Gasteiger partial charge in [-0.15, -0.1) is 0 Å². The Morgan fingerprint density at radius 2 is 1.76 bits per heavy atom. The number of ether oxygens (including phenoxy) is 1. The minimum atomic E-state index is -0.595. The number of likely N-dealkylation sites (N-methyl/N-ethyl adjacent to an activating group) is 1. The molecule has 2 aliphatic rings. The zero-order valence-corrected chi connectivity index (χ0v) is 23.6. The van der Waals surface area contributed by atoms with Gasteiger partial charge in [-0.05, 0) is 35.8 Å². The SMILES string of the molecule is CCOC(=O)C1=C(CN2CCCN(C(=O)CC(C)C)CC2)N(C)C(=O)NC1c1ccc(C(C)(C)C)cc1. The highest BCUT2D eigenvalue weighted by Gasteiger charge is 2.37. The monoisotopic (exact) mass is 512 g/mol. The van der Waals surface area contributed by atoms with Gasteiger partial charge >= 0.3 is 12.0 Å². The minimum absolute atomic E-state index is 0.00324. The van der Waals surface area contributed by atoms with Gasteiger partial charge in [-0.3, -0.25) is 14.6 Å². The molecule has 3 rings (SSSR count). The predicted molar refractivity (Wildman–Crippen MR) is 145 cm³/mol. The maximum atomic E-state index is 13.3. The highest BCUT2D eigenvalue weighted by Crippen LogP contribution is 2.33. The van der Waals surface area contributed by atoms with Crippen molar-refractivity contribution in [2.24, 2.45) is 5.92 Å². The highest BCUT2D eigenvalue weighted by molar-refractivity contribution is 5.95. The van der Waals surface area contributed by atoms with Gasteiger partial charge in [0.2, 0.25) is 5.91 Å². The van der Waals surface area contributed by atoms with E-state index in [0.717, 1.165) is 25.1 Å². The summed E-state index contributed by atoms with van der Waals surface area (Å²) in [5.74, 6) is 0.0990. The molecule has 0 radical (unpaired) electrons. The number of rotatable bonds is 7. The van der Waals surface area contributed by atoms with Crippen LogP contribution in [0.1, 0.15) is 71.6 Å². The smallest absolute Gasteiger partial charge is 0.338 e. The van der Waals surface area contributed by atoms with Gasteiger partial charge in [-0.25, -0.2) is 9.59 Å². The van der Waals surface area contributed by atoms with Gasteiger partial charge in [0, 0.05) is 51.9 Å². The van der Waals surface area contributed by atoms with E-state index in [9.17, 15) is 14.4 Å². The molecule has 1 aromatic carbocycles. The normalized spacial score (nSPS) is 19.7. The van der Waals surface area contributed by atoms with Crippen LogP contribution >= 0.6 is 0 Å². The molecule has 1 aromatic rings. The molecule has 3 amide bonds. The van der Waals surface area contributed by atoms with Gasteiger partial charge in [0.15, 0.2) is 0 Å². The lowest BCUT2D eigenvalue weighted by molar-refractivity contribution is -0.139. The molecule has 1 saturated heterocycles. The fraction of sp³-hybridized carbons (Fsp3) is 0.621. The van der Waals surface area contributed by atoms with Gasteiger partial charge < -0.3 is 15.0 Å². The summed E-state index contributed by atoms with van der Waals surface area (Å²) in [5, 5.41) is 3.01. The molecule has 37 heavy (non-hydrogen) atoms. The summed E-state index contributed by atoms with van der Waals surface area (Å²) < 4.78 is 5.48. The van der Waals surface area contributed by atoms with Crippen LogP contribution in [0.2, 0.25) is 0 Å². The molecular weight excluding hydrogens is 468 g/mol. The number of esters is 1. The lowest BCUT2D eigenvalue weighted by atomic mass is 9.85. The zero-order chi connectivity index (χ0) is 27.3. The third kappa shape index (κ3) is 7.12. The first-order chi connectivity index (χ1) is 17.4. The Kier molecular flexibility index (Phi) is 9.40. The number of carbonyl (C=O) groups is 3. The lowest BCUT2D eigenvalue weighted by Gasteiger charge is -2.36. The molecule has 8 nitrogen and oxygen atoms in total. The van der Waals surface area contributed by atoms with Crippen molar-refractivity contribution in [2.75, 3.05) is 46.4 Å². The van der Waals surface area contributed by atoms with Crippen LogP contribution in [0.3, 0.4) is 0 Å². The zero-order valence-electron chi connectivity index (χ0n) is 23.6. The lowest BCUT2D eigenvalue weighted by Crippen LogP contribution is -2.49. The van der Waals surface area contributed by atoms with Crippen molar-refractivity contribution in [1.82, 2.24) is 20.0 Å². The Hall–Kier alpha value is -2.87. The summed E-state index contributed by atoms with van der Waals surface area (Å²) in [6.07, 6.45) is 1.40. The number of hydrogen-bond acceptors (Lipinski definition) is 5. The molecular formula is C29H44N4O4. The van der Waals surface area contributed by atoms with E-state index < -0.39 is 12.0 Å². The van der Waals surface area contributed by atoms with Crippen molar-refractivity contribution < 1.29 is 19.1 Å². The summed E-state index contributed by atoms with van der Waals surface area (Å²) in [5.41, 5.74) is 3.13. The number of urea groups is 1. The van der Waals surface area contributed by atoms with E-state index >= 15 is 0 Å². The number of hydrogen-bond donors (Lipinski definition) is 1. The van der Waals surface area contributed by atoms with Gasteiger partial charge in [0.25, 0.3) is 0 Å². The van der Waals surface area contributed by atoms with Gasteiger partial charge in [0.05, 0.1) is 18.2 Å². The standard InChI is InChI=1S/C29H44N4O4/c1-8-37-27(35)25-23(19-32-14-9-15-33(17-16-32)24(34)18-20(2)3)31(7)28(36)30-26(25)21-10-12-22(13-11-21)29(4,5)6/h10-13,20,26H,8-9,14-19H2,1-7H3,(H,30,36). The van der Waals surface area contributed by atoms with Crippen LogP contribution in [0, 0.1) is 5.92 Å². The van der Waals surface area contributed by atoms with Crippen molar-refractivity contribution in [3.8, 4) is 0 Å². The molecule has 0 saturated carbocycles. The van der Waals surface area contributed by atoms with Crippen molar-refractivity contribution in [3.63, 3.8) is 0 Å². The van der Waals surface area contributed by atoms with E-state index in [1.165, 1.54) is 10.5 Å².